The molecule has 0 aromatic heterocycles. The maximum atomic E-state index is 13.0. The summed E-state index contributed by atoms with van der Waals surface area (Å²) in [7, 11) is 3.82. The first kappa shape index (κ1) is 22.6. The number of rotatable bonds is 7. The number of hydrogen-bond acceptors (Lipinski definition) is 5. The number of halogens is 1. The van der Waals surface area contributed by atoms with Gasteiger partial charge in [-0.1, -0.05) is 24.3 Å². The van der Waals surface area contributed by atoms with E-state index in [1.807, 2.05) is 37.2 Å². The third-order valence-corrected chi connectivity index (χ3v) is 4.44. The Kier molecular flexibility index (Phi) is 7.70. The number of nitriles is 1. The van der Waals surface area contributed by atoms with Crippen molar-refractivity contribution in [1.29, 1.82) is 5.26 Å². The van der Waals surface area contributed by atoms with E-state index in [9.17, 15) is 19.2 Å². The van der Waals surface area contributed by atoms with Crippen molar-refractivity contribution in [3.05, 3.63) is 71.0 Å². The molecule has 0 aliphatic carbocycles. The Balaban J connectivity index is 2.00. The molecule has 6 nitrogen and oxygen atoms in total. The molecule has 2 aromatic rings. The molecule has 30 heavy (non-hydrogen) atoms. The third kappa shape index (κ3) is 6.17. The lowest BCUT2D eigenvalue weighted by Crippen LogP contribution is -2.37. The summed E-state index contributed by atoms with van der Waals surface area (Å²) in [6.07, 6.45) is 0.307. The average molecular weight is 409 g/mol. The Morgan fingerprint density at radius 3 is 2.23 bits per heavy atom. The van der Waals surface area contributed by atoms with Crippen LogP contribution in [0.15, 0.2) is 54.1 Å². The van der Waals surface area contributed by atoms with Crippen LogP contribution in [0.5, 0.6) is 0 Å². The van der Waals surface area contributed by atoms with Gasteiger partial charge in [0.1, 0.15) is 17.5 Å². The van der Waals surface area contributed by atoms with E-state index in [2.05, 4.69) is 5.32 Å². The van der Waals surface area contributed by atoms with E-state index >= 15 is 0 Å². The quantitative estimate of drug-likeness (QED) is 0.429. The van der Waals surface area contributed by atoms with E-state index in [4.69, 9.17) is 4.74 Å². The number of ether oxygens (including phenoxy) is 1. The van der Waals surface area contributed by atoms with Crippen molar-refractivity contribution >= 4 is 23.6 Å². The minimum Gasteiger partial charge on any atom is -0.448 e. The van der Waals surface area contributed by atoms with E-state index in [0.29, 0.717) is 11.1 Å². The van der Waals surface area contributed by atoms with Crippen molar-refractivity contribution in [1.82, 2.24) is 5.32 Å². The Morgan fingerprint density at radius 2 is 1.70 bits per heavy atom. The summed E-state index contributed by atoms with van der Waals surface area (Å²) in [5.41, 5.74) is 2.14. The number of anilines is 1. The predicted molar refractivity (Wildman–Crippen MR) is 113 cm³/mol. The molecule has 2 aromatic carbocycles. The highest BCUT2D eigenvalue weighted by Gasteiger charge is 2.22. The minimum absolute atomic E-state index is 0.209. The van der Waals surface area contributed by atoms with Gasteiger partial charge in [0, 0.05) is 19.8 Å². The number of nitrogens with zero attached hydrogens (tertiary/aromatic N) is 2. The molecule has 2 rings (SSSR count). The van der Waals surface area contributed by atoms with Gasteiger partial charge in [0.15, 0.2) is 6.10 Å². The highest BCUT2D eigenvalue weighted by molar-refractivity contribution is 5.99. The van der Waals surface area contributed by atoms with Crippen LogP contribution in [0.4, 0.5) is 10.1 Å². The van der Waals surface area contributed by atoms with Crippen molar-refractivity contribution in [2.45, 2.75) is 26.0 Å². The summed E-state index contributed by atoms with van der Waals surface area (Å²) in [6.45, 7) is 3.16. The molecule has 0 bridgehead atoms. The molecule has 156 valence electrons. The topological polar surface area (TPSA) is 82.4 Å². The monoisotopic (exact) mass is 409 g/mol. The molecule has 0 aliphatic rings. The number of hydrogen-bond donors (Lipinski definition) is 1. The predicted octanol–water partition coefficient (Wildman–Crippen LogP) is 3.61. The zero-order valence-electron chi connectivity index (χ0n) is 17.3. The fourth-order valence-electron chi connectivity index (χ4n) is 2.62. The van der Waals surface area contributed by atoms with Crippen LogP contribution in [-0.4, -0.2) is 32.1 Å². The fraction of sp³-hybridized carbons (Fsp3) is 0.261. The van der Waals surface area contributed by atoms with Gasteiger partial charge in [-0.15, -0.1) is 0 Å². The zero-order chi connectivity index (χ0) is 22.3. The molecule has 0 saturated heterocycles. The van der Waals surface area contributed by atoms with E-state index in [0.717, 1.165) is 5.69 Å². The molecule has 0 heterocycles. The molecule has 0 unspecified atom stereocenters. The highest BCUT2D eigenvalue weighted by atomic mass is 19.1. The second-order valence-corrected chi connectivity index (χ2v) is 6.99. The molecule has 1 N–H and O–H groups in total. The molecule has 0 aliphatic heterocycles. The molecule has 1 amide bonds. The Bertz CT molecular complexity index is 961. The van der Waals surface area contributed by atoms with Gasteiger partial charge >= 0.3 is 5.97 Å². The summed E-state index contributed by atoms with van der Waals surface area (Å²) in [4.78, 5) is 26.6. The second kappa shape index (κ2) is 10.2. The maximum Gasteiger partial charge on any atom is 0.349 e. The fourth-order valence-corrected chi connectivity index (χ4v) is 2.62. The van der Waals surface area contributed by atoms with Crippen LogP contribution in [0.3, 0.4) is 0 Å². The van der Waals surface area contributed by atoms with Gasteiger partial charge in [-0.05, 0) is 55.3 Å². The standard InChI is InChI=1S/C23H24FN3O3/c1-15(18-7-9-20(24)10-8-18)26-22(28)16(2)30-23(29)19(14-25)13-17-5-11-21(12-6-17)27(3)4/h5-13,15-16H,1-4H3,(H,26,28)/b19-13+/t15-,16+/m0/s1. The number of amides is 1. The third-order valence-electron chi connectivity index (χ3n) is 4.44. The van der Waals surface area contributed by atoms with Gasteiger partial charge in [-0.3, -0.25) is 4.79 Å². The molecule has 0 saturated carbocycles. The molecule has 0 fully saturated rings. The minimum atomic E-state index is -1.10. The number of esters is 1. The Morgan fingerprint density at radius 1 is 1.10 bits per heavy atom. The molecule has 0 radical (unpaired) electrons. The maximum absolute atomic E-state index is 13.0. The zero-order valence-corrected chi connectivity index (χ0v) is 17.3. The van der Waals surface area contributed by atoms with Gasteiger partial charge in [0.05, 0.1) is 6.04 Å². The lowest BCUT2D eigenvalue weighted by molar-refractivity contribution is -0.151. The number of benzene rings is 2. The van der Waals surface area contributed by atoms with Crippen LogP contribution in [-0.2, 0) is 14.3 Å². The van der Waals surface area contributed by atoms with E-state index in [1.54, 1.807) is 31.2 Å². The second-order valence-electron chi connectivity index (χ2n) is 6.99. The summed E-state index contributed by atoms with van der Waals surface area (Å²) in [6, 6.07) is 14.4. The lowest BCUT2D eigenvalue weighted by Gasteiger charge is -2.18. The average Bonchev–Trinajstić information content (AvgIpc) is 2.72. The molecular weight excluding hydrogens is 385 g/mol. The normalized spacial score (nSPS) is 13.0. The first-order chi connectivity index (χ1) is 14.2. The van der Waals surface area contributed by atoms with Crippen molar-refractivity contribution < 1.29 is 18.7 Å². The SMILES string of the molecule is C[C@H](NC(=O)[C@@H](C)OC(=O)/C(C#N)=C/c1ccc(N(C)C)cc1)c1ccc(F)cc1. The molecule has 0 spiro atoms. The van der Waals surface area contributed by atoms with Crippen molar-refractivity contribution in [3.63, 3.8) is 0 Å². The van der Waals surface area contributed by atoms with E-state index in [-0.39, 0.29) is 11.4 Å². The van der Waals surface area contributed by atoms with E-state index < -0.39 is 24.0 Å². The first-order valence-electron chi connectivity index (χ1n) is 9.37. The van der Waals surface area contributed by atoms with Crippen LogP contribution < -0.4 is 10.2 Å². The largest absolute Gasteiger partial charge is 0.448 e. The van der Waals surface area contributed by atoms with Crippen molar-refractivity contribution in [2.75, 3.05) is 19.0 Å². The number of carbonyl (C=O) groups excluding carboxylic acids is 2. The lowest BCUT2D eigenvalue weighted by atomic mass is 10.1. The van der Waals surface area contributed by atoms with Gasteiger partial charge < -0.3 is 15.0 Å². The van der Waals surface area contributed by atoms with Gasteiger partial charge in [0.2, 0.25) is 0 Å². The summed E-state index contributed by atoms with van der Waals surface area (Å²) in [5, 5.41) is 12.0. The molecular formula is C23H24FN3O3. The number of carbonyl (C=O) groups is 2. The van der Waals surface area contributed by atoms with Crippen molar-refractivity contribution in [3.8, 4) is 6.07 Å². The van der Waals surface area contributed by atoms with Gasteiger partial charge in [-0.25, -0.2) is 9.18 Å². The smallest absolute Gasteiger partial charge is 0.349 e. The Labute approximate surface area is 175 Å². The van der Waals surface area contributed by atoms with E-state index in [1.165, 1.54) is 25.1 Å². The first-order valence-corrected chi connectivity index (χ1v) is 9.37. The van der Waals surface area contributed by atoms with Gasteiger partial charge in [0.25, 0.3) is 5.91 Å². The molecule has 2 atom stereocenters. The van der Waals surface area contributed by atoms with Crippen molar-refractivity contribution in [2.24, 2.45) is 0 Å². The van der Waals surface area contributed by atoms with Gasteiger partial charge in [-0.2, -0.15) is 5.26 Å². The summed E-state index contributed by atoms with van der Waals surface area (Å²) < 4.78 is 18.2. The van der Waals surface area contributed by atoms with Crippen LogP contribution in [0.2, 0.25) is 0 Å². The van der Waals surface area contributed by atoms with Crippen LogP contribution >= 0.6 is 0 Å². The summed E-state index contributed by atoms with van der Waals surface area (Å²) in [5.74, 6) is -1.77. The van der Waals surface area contributed by atoms with Crippen LogP contribution in [0.1, 0.15) is 31.0 Å². The van der Waals surface area contributed by atoms with Crippen LogP contribution in [0.25, 0.3) is 6.08 Å². The summed E-state index contributed by atoms with van der Waals surface area (Å²) >= 11 is 0. The molecule has 7 heteroatoms. The highest BCUT2D eigenvalue weighted by Crippen LogP contribution is 2.16. The Hall–Kier alpha value is -3.66. The van der Waals surface area contributed by atoms with Crippen LogP contribution in [0, 0.1) is 17.1 Å². The number of nitrogens with one attached hydrogen (secondary N) is 1.